The van der Waals surface area contributed by atoms with Gasteiger partial charge < -0.3 is 19.3 Å². The smallest absolute Gasteiger partial charge is 0.347 e. The Balaban J connectivity index is 2.75. The van der Waals surface area contributed by atoms with Crippen molar-refractivity contribution < 1.29 is 28.9 Å². The molecule has 0 fully saturated rings. The molecule has 0 unspecified atom stereocenters. The van der Waals surface area contributed by atoms with Gasteiger partial charge in [0.25, 0.3) is 0 Å². The molecule has 0 aliphatic carbocycles. The lowest BCUT2D eigenvalue weighted by atomic mass is 10.1. The normalized spacial score (nSPS) is 12.5. The molecule has 1 N–H and O–H groups in total. The molecule has 0 bridgehead atoms. The summed E-state index contributed by atoms with van der Waals surface area (Å²) in [7, 11) is 0. The van der Waals surface area contributed by atoms with Gasteiger partial charge in [-0.25, -0.2) is 9.59 Å². The van der Waals surface area contributed by atoms with Gasteiger partial charge in [0.15, 0.2) is 11.7 Å². The standard InChI is InChI=1S/C17H24O6/c1-5-21-14(15(18)22-6-2)11-12-7-9-13(10-8-12)23-17(3,4)16(19)20/h7-10,14H,5-6,11H2,1-4H3,(H,19,20)/t14-/m0/s1. The third-order valence-corrected chi connectivity index (χ3v) is 3.15. The van der Waals surface area contributed by atoms with Crippen molar-refractivity contribution >= 4 is 11.9 Å². The van der Waals surface area contributed by atoms with E-state index in [2.05, 4.69) is 0 Å². The molecule has 0 aliphatic rings. The molecule has 1 rings (SSSR count). The van der Waals surface area contributed by atoms with Gasteiger partial charge in [0, 0.05) is 13.0 Å². The molecule has 0 radical (unpaired) electrons. The average molecular weight is 324 g/mol. The first-order valence-electron chi connectivity index (χ1n) is 7.59. The molecular weight excluding hydrogens is 300 g/mol. The number of hydrogen-bond donors (Lipinski definition) is 1. The van der Waals surface area contributed by atoms with E-state index in [0.29, 0.717) is 25.4 Å². The zero-order valence-corrected chi connectivity index (χ0v) is 14.0. The van der Waals surface area contributed by atoms with E-state index < -0.39 is 17.7 Å². The number of carbonyl (C=O) groups excluding carboxylic acids is 1. The fourth-order valence-electron chi connectivity index (χ4n) is 1.89. The van der Waals surface area contributed by atoms with Gasteiger partial charge in [0.2, 0.25) is 0 Å². The Morgan fingerprint density at radius 1 is 1.13 bits per heavy atom. The largest absolute Gasteiger partial charge is 0.478 e. The zero-order chi connectivity index (χ0) is 17.5. The number of carboxylic acids is 1. The van der Waals surface area contributed by atoms with Crippen LogP contribution in [0.5, 0.6) is 5.75 Å². The fraction of sp³-hybridized carbons (Fsp3) is 0.529. The summed E-state index contributed by atoms with van der Waals surface area (Å²) in [5, 5.41) is 9.05. The van der Waals surface area contributed by atoms with Crippen LogP contribution in [0, 0.1) is 0 Å². The van der Waals surface area contributed by atoms with E-state index in [1.807, 2.05) is 6.92 Å². The van der Waals surface area contributed by atoms with Crippen molar-refractivity contribution in [3.63, 3.8) is 0 Å². The molecule has 0 spiro atoms. The summed E-state index contributed by atoms with van der Waals surface area (Å²) >= 11 is 0. The van der Waals surface area contributed by atoms with Crippen molar-refractivity contribution in [2.45, 2.75) is 45.8 Å². The Hall–Kier alpha value is -2.08. The molecule has 23 heavy (non-hydrogen) atoms. The summed E-state index contributed by atoms with van der Waals surface area (Å²) in [5.74, 6) is -0.979. The van der Waals surface area contributed by atoms with Crippen molar-refractivity contribution in [1.82, 2.24) is 0 Å². The molecule has 6 nitrogen and oxygen atoms in total. The molecule has 0 heterocycles. The summed E-state index contributed by atoms with van der Waals surface area (Å²) < 4.78 is 15.8. The van der Waals surface area contributed by atoms with Crippen LogP contribution in [0.1, 0.15) is 33.3 Å². The quantitative estimate of drug-likeness (QED) is 0.703. The van der Waals surface area contributed by atoms with Crippen molar-refractivity contribution in [2.24, 2.45) is 0 Å². The molecule has 0 saturated heterocycles. The van der Waals surface area contributed by atoms with E-state index in [0.717, 1.165) is 5.56 Å². The van der Waals surface area contributed by atoms with Crippen LogP contribution in [0.25, 0.3) is 0 Å². The van der Waals surface area contributed by atoms with Gasteiger partial charge in [-0.1, -0.05) is 12.1 Å². The van der Waals surface area contributed by atoms with E-state index in [-0.39, 0.29) is 5.97 Å². The Labute approximate surface area is 136 Å². The molecule has 0 aliphatic heterocycles. The Morgan fingerprint density at radius 2 is 1.74 bits per heavy atom. The highest BCUT2D eigenvalue weighted by atomic mass is 16.6. The molecule has 0 saturated carbocycles. The number of aliphatic carboxylic acids is 1. The zero-order valence-electron chi connectivity index (χ0n) is 14.0. The lowest BCUT2D eigenvalue weighted by Crippen LogP contribution is -2.37. The molecular formula is C17H24O6. The predicted octanol–water partition coefficient (Wildman–Crippen LogP) is 2.44. The first kappa shape index (κ1) is 19.0. The van der Waals surface area contributed by atoms with Crippen molar-refractivity contribution in [2.75, 3.05) is 13.2 Å². The van der Waals surface area contributed by atoms with Crippen LogP contribution >= 0.6 is 0 Å². The summed E-state index contributed by atoms with van der Waals surface area (Å²) in [6.45, 7) is 7.25. The second-order valence-electron chi connectivity index (χ2n) is 5.46. The minimum absolute atomic E-state index is 0.305. The molecule has 6 heteroatoms. The van der Waals surface area contributed by atoms with Gasteiger partial charge in [0.05, 0.1) is 6.61 Å². The fourth-order valence-corrected chi connectivity index (χ4v) is 1.89. The van der Waals surface area contributed by atoms with E-state index >= 15 is 0 Å². The number of rotatable bonds is 9. The van der Waals surface area contributed by atoms with E-state index in [1.165, 1.54) is 13.8 Å². The second kappa shape index (κ2) is 8.53. The van der Waals surface area contributed by atoms with E-state index in [4.69, 9.17) is 19.3 Å². The number of hydrogen-bond acceptors (Lipinski definition) is 5. The predicted molar refractivity (Wildman–Crippen MR) is 84.5 cm³/mol. The highest BCUT2D eigenvalue weighted by Crippen LogP contribution is 2.20. The van der Waals surface area contributed by atoms with Crippen LogP contribution in [-0.2, 0) is 25.5 Å². The van der Waals surface area contributed by atoms with Crippen LogP contribution in [0.4, 0.5) is 0 Å². The molecule has 0 aromatic heterocycles. The first-order valence-corrected chi connectivity index (χ1v) is 7.59. The average Bonchev–Trinajstić information content (AvgIpc) is 2.48. The maximum atomic E-state index is 11.8. The molecule has 0 amide bonds. The van der Waals surface area contributed by atoms with Gasteiger partial charge in [-0.2, -0.15) is 0 Å². The van der Waals surface area contributed by atoms with Crippen molar-refractivity contribution in [1.29, 1.82) is 0 Å². The third-order valence-electron chi connectivity index (χ3n) is 3.15. The topological polar surface area (TPSA) is 82.1 Å². The molecule has 1 aromatic carbocycles. The molecule has 1 atom stereocenters. The van der Waals surface area contributed by atoms with Gasteiger partial charge in [-0.15, -0.1) is 0 Å². The highest BCUT2D eigenvalue weighted by Gasteiger charge is 2.29. The lowest BCUT2D eigenvalue weighted by Gasteiger charge is -2.21. The van der Waals surface area contributed by atoms with Crippen molar-refractivity contribution in [3.05, 3.63) is 29.8 Å². The maximum absolute atomic E-state index is 11.8. The summed E-state index contributed by atoms with van der Waals surface area (Å²) in [4.78, 5) is 22.9. The van der Waals surface area contributed by atoms with Gasteiger partial charge in [-0.05, 0) is 45.4 Å². The van der Waals surface area contributed by atoms with Crippen LogP contribution in [0.15, 0.2) is 24.3 Å². The minimum Gasteiger partial charge on any atom is -0.478 e. The summed E-state index contributed by atoms with van der Waals surface area (Å²) in [6, 6.07) is 6.90. The Morgan fingerprint density at radius 3 is 2.22 bits per heavy atom. The molecule has 128 valence electrons. The number of ether oxygens (including phenoxy) is 3. The van der Waals surface area contributed by atoms with E-state index in [1.54, 1.807) is 31.2 Å². The second-order valence-corrected chi connectivity index (χ2v) is 5.46. The van der Waals surface area contributed by atoms with Crippen LogP contribution in [0.2, 0.25) is 0 Å². The van der Waals surface area contributed by atoms with E-state index in [9.17, 15) is 9.59 Å². The van der Waals surface area contributed by atoms with Gasteiger partial charge in [-0.3, -0.25) is 0 Å². The minimum atomic E-state index is -1.31. The molecule has 1 aromatic rings. The monoisotopic (exact) mass is 324 g/mol. The van der Waals surface area contributed by atoms with Gasteiger partial charge in [0.1, 0.15) is 5.75 Å². The van der Waals surface area contributed by atoms with Crippen LogP contribution in [0.3, 0.4) is 0 Å². The number of esters is 1. The van der Waals surface area contributed by atoms with Crippen molar-refractivity contribution in [3.8, 4) is 5.75 Å². The third kappa shape index (κ3) is 5.90. The SMILES string of the molecule is CCOC(=O)[C@H](Cc1ccc(OC(C)(C)C(=O)O)cc1)OCC. The number of benzene rings is 1. The first-order chi connectivity index (χ1) is 10.8. The Bertz CT molecular complexity index is 520. The Kier molecular flexibility index (Phi) is 7.03. The van der Waals surface area contributed by atoms with Crippen LogP contribution < -0.4 is 4.74 Å². The number of carbonyl (C=O) groups is 2. The lowest BCUT2D eigenvalue weighted by molar-refractivity contribution is -0.156. The number of carboxylic acid groups (broad SMARTS) is 1. The maximum Gasteiger partial charge on any atom is 0.347 e. The van der Waals surface area contributed by atoms with Crippen LogP contribution in [-0.4, -0.2) is 42.0 Å². The summed E-state index contributed by atoms with van der Waals surface area (Å²) in [6.07, 6.45) is -0.267. The highest BCUT2D eigenvalue weighted by molar-refractivity contribution is 5.77. The summed E-state index contributed by atoms with van der Waals surface area (Å²) in [5.41, 5.74) is -0.433. The van der Waals surface area contributed by atoms with Gasteiger partial charge >= 0.3 is 11.9 Å².